The van der Waals surface area contributed by atoms with Gasteiger partial charge in [-0.15, -0.1) is 0 Å². The highest BCUT2D eigenvalue weighted by atomic mass is 16.4. The van der Waals surface area contributed by atoms with E-state index in [0.717, 1.165) is 16.5 Å². The molecule has 0 unspecified atom stereocenters. The number of amides is 2. The van der Waals surface area contributed by atoms with Crippen LogP contribution in [0.15, 0.2) is 28.9 Å². The molecule has 0 radical (unpaired) electrons. The van der Waals surface area contributed by atoms with E-state index in [0.29, 0.717) is 5.69 Å². The first-order valence-electron chi connectivity index (χ1n) is 6.19. The molecule has 6 heteroatoms. The van der Waals surface area contributed by atoms with Crippen molar-refractivity contribution in [3.8, 4) is 0 Å². The third-order valence-electron chi connectivity index (χ3n) is 3.03. The quantitative estimate of drug-likeness (QED) is 0.899. The highest BCUT2D eigenvalue weighted by Gasteiger charge is 2.11. The number of hydrogen-bond acceptors (Lipinski definition) is 3. The van der Waals surface area contributed by atoms with Crippen molar-refractivity contribution in [2.45, 2.75) is 13.3 Å². The molecule has 0 bridgehead atoms. The summed E-state index contributed by atoms with van der Waals surface area (Å²) >= 11 is 0. The minimum atomic E-state index is -0.930. The van der Waals surface area contributed by atoms with Crippen molar-refractivity contribution in [3.63, 3.8) is 0 Å². The molecular formula is C14H16N2O4. The minimum Gasteiger partial charge on any atom is -0.481 e. The van der Waals surface area contributed by atoms with Crippen molar-refractivity contribution >= 4 is 28.7 Å². The molecule has 0 fully saturated rings. The van der Waals surface area contributed by atoms with E-state index in [1.807, 2.05) is 13.0 Å². The van der Waals surface area contributed by atoms with Gasteiger partial charge in [0.1, 0.15) is 5.58 Å². The van der Waals surface area contributed by atoms with Crippen molar-refractivity contribution in [1.29, 1.82) is 0 Å². The fourth-order valence-corrected chi connectivity index (χ4v) is 1.82. The summed E-state index contributed by atoms with van der Waals surface area (Å²) in [6.45, 7) is 2.09. The fraction of sp³-hybridized carbons (Fsp3) is 0.286. The summed E-state index contributed by atoms with van der Waals surface area (Å²) in [7, 11) is 1.56. The lowest BCUT2D eigenvalue weighted by atomic mass is 10.2. The summed E-state index contributed by atoms with van der Waals surface area (Å²) < 4.78 is 5.33. The van der Waals surface area contributed by atoms with E-state index in [-0.39, 0.29) is 19.0 Å². The van der Waals surface area contributed by atoms with Crippen LogP contribution in [0.4, 0.5) is 10.5 Å². The van der Waals surface area contributed by atoms with Gasteiger partial charge in [-0.1, -0.05) is 0 Å². The first-order chi connectivity index (χ1) is 9.47. The summed E-state index contributed by atoms with van der Waals surface area (Å²) in [4.78, 5) is 23.7. The third kappa shape index (κ3) is 3.09. The number of urea groups is 1. The number of nitrogens with zero attached hydrogens (tertiary/aromatic N) is 1. The Hall–Kier alpha value is -2.50. The molecule has 0 atom stereocenters. The van der Waals surface area contributed by atoms with Gasteiger partial charge >= 0.3 is 12.0 Å². The van der Waals surface area contributed by atoms with Crippen molar-refractivity contribution in [2.24, 2.45) is 0 Å². The molecule has 2 amide bonds. The van der Waals surface area contributed by atoms with Gasteiger partial charge in [0.25, 0.3) is 0 Å². The number of carboxylic acids is 1. The number of anilines is 1. The number of carbonyl (C=O) groups is 2. The van der Waals surface area contributed by atoms with Gasteiger partial charge in [0, 0.05) is 24.7 Å². The van der Waals surface area contributed by atoms with Crippen molar-refractivity contribution in [3.05, 3.63) is 30.0 Å². The predicted octanol–water partition coefficient (Wildman–Crippen LogP) is 2.68. The topological polar surface area (TPSA) is 82.8 Å². The molecule has 0 saturated carbocycles. The highest BCUT2D eigenvalue weighted by molar-refractivity contribution is 5.93. The van der Waals surface area contributed by atoms with Crippen LogP contribution in [0.3, 0.4) is 0 Å². The van der Waals surface area contributed by atoms with Crippen LogP contribution in [-0.2, 0) is 4.79 Å². The summed E-state index contributed by atoms with van der Waals surface area (Å²) in [6, 6.07) is 5.02. The number of aliphatic carboxylic acids is 1. The van der Waals surface area contributed by atoms with E-state index in [4.69, 9.17) is 9.52 Å². The fourth-order valence-electron chi connectivity index (χ4n) is 1.82. The lowest BCUT2D eigenvalue weighted by Gasteiger charge is -2.16. The van der Waals surface area contributed by atoms with E-state index in [1.54, 1.807) is 25.4 Å². The SMILES string of the molecule is Cc1coc2ccc(NC(=O)N(C)CCC(=O)O)cc12. The van der Waals surface area contributed by atoms with Crippen LogP contribution in [0.1, 0.15) is 12.0 Å². The summed E-state index contributed by atoms with van der Waals surface area (Å²) in [6.07, 6.45) is 1.58. The molecule has 106 valence electrons. The Kier molecular flexibility index (Phi) is 3.93. The number of benzene rings is 1. The molecule has 1 aromatic heterocycles. The van der Waals surface area contributed by atoms with Crippen LogP contribution in [0.5, 0.6) is 0 Å². The lowest BCUT2D eigenvalue weighted by molar-refractivity contribution is -0.137. The standard InChI is InChI=1S/C14H16N2O4/c1-9-8-20-12-4-3-10(7-11(9)12)15-14(19)16(2)6-5-13(17)18/h3-4,7-8H,5-6H2,1-2H3,(H,15,19)(H,17,18). The molecule has 2 aromatic rings. The smallest absolute Gasteiger partial charge is 0.321 e. The Morgan fingerprint density at radius 3 is 2.85 bits per heavy atom. The lowest BCUT2D eigenvalue weighted by Crippen LogP contribution is -2.33. The van der Waals surface area contributed by atoms with E-state index < -0.39 is 5.97 Å². The number of carbonyl (C=O) groups excluding carboxylic acids is 1. The molecule has 0 aliphatic carbocycles. The van der Waals surface area contributed by atoms with E-state index >= 15 is 0 Å². The number of rotatable bonds is 4. The van der Waals surface area contributed by atoms with Crippen molar-refractivity contribution < 1.29 is 19.1 Å². The van der Waals surface area contributed by atoms with Gasteiger partial charge in [-0.3, -0.25) is 4.79 Å². The van der Waals surface area contributed by atoms with Gasteiger partial charge in [0.15, 0.2) is 0 Å². The van der Waals surface area contributed by atoms with Gasteiger partial charge in [0.05, 0.1) is 12.7 Å². The van der Waals surface area contributed by atoms with Gasteiger partial charge in [-0.2, -0.15) is 0 Å². The number of aryl methyl sites for hydroxylation is 1. The first-order valence-corrected chi connectivity index (χ1v) is 6.19. The van der Waals surface area contributed by atoms with Crippen LogP contribution in [0.25, 0.3) is 11.0 Å². The maximum Gasteiger partial charge on any atom is 0.321 e. The van der Waals surface area contributed by atoms with Crippen molar-refractivity contribution in [2.75, 3.05) is 18.9 Å². The zero-order chi connectivity index (χ0) is 14.7. The Morgan fingerprint density at radius 2 is 2.15 bits per heavy atom. The number of furan rings is 1. The monoisotopic (exact) mass is 276 g/mol. The Morgan fingerprint density at radius 1 is 1.40 bits per heavy atom. The van der Waals surface area contributed by atoms with Crippen LogP contribution in [0.2, 0.25) is 0 Å². The Balaban J connectivity index is 2.05. The molecule has 0 aliphatic rings. The zero-order valence-corrected chi connectivity index (χ0v) is 11.3. The van der Waals surface area contributed by atoms with Crippen LogP contribution < -0.4 is 5.32 Å². The predicted molar refractivity (Wildman–Crippen MR) is 74.9 cm³/mol. The first kappa shape index (κ1) is 13.9. The van der Waals surface area contributed by atoms with E-state index in [9.17, 15) is 9.59 Å². The molecule has 1 heterocycles. The summed E-state index contributed by atoms with van der Waals surface area (Å²) in [5, 5.41) is 12.3. The van der Waals surface area contributed by atoms with Crippen molar-refractivity contribution in [1.82, 2.24) is 4.90 Å². The van der Waals surface area contributed by atoms with Crippen LogP contribution in [0, 0.1) is 6.92 Å². The summed E-state index contributed by atoms with van der Waals surface area (Å²) in [5.41, 5.74) is 2.41. The molecular weight excluding hydrogens is 260 g/mol. The highest BCUT2D eigenvalue weighted by Crippen LogP contribution is 2.24. The Labute approximate surface area is 116 Å². The molecule has 0 saturated heterocycles. The summed E-state index contributed by atoms with van der Waals surface area (Å²) in [5.74, 6) is -0.930. The molecule has 2 N–H and O–H groups in total. The molecule has 1 aromatic carbocycles. The number of hydrogen-bond donors (Lipinski definition) is 2. The van der Waals surface area contributed by atoms with Gasteiger partial charge in [-0.25, -0.2) is 4.79 Å². The largest absolute Gasteiger partial charge is 0.481 e. The average Bonchev–Trinajstić information content (AvgIpc) is 2.77. The molecule has 20 heavy (non-hydrogen) atoms. The van der Waals surface area contributed by atoms with Crippen LogP contribution in [-0.4, -0.2) is 35.6 Å². The minimum absolute atomic E-state index is 0.0796. The number of fused-ring (bicyclic) bond motifs is 1. The number of carboxylic acid groups (broad SMARTS) is 1. The van der Waals surface area contributed by atoms with E-state index in [1.165, 1.54) is 4.90 Å². The average molecular weight is 276 g/mol. The zero-order valence-electron chi connectivity index (χ0n) is 11.3. The van der Waals surface area contributed by atoms with Gasteiger partial charge < -0.3 is 19.7 Å². The molecule has 0 aliphatic heterocycles. The second-order valence-electron chi connectivity index (χ2n) is 4.63. The molecule has 0 spiro atoms. The van der Waals surface area contributed by atoms with Gasteiger partial charge in [0.2, 0.25) is 0 Å². The Bertz CT molecular complexity index is 648. The maximum atomic E-state index is 11.9. The normalized spacial score (nSPS) is 10.5. The van der Waals surface area contributed by atoms with Gasteiger partial charge in [-0.05, 0) is 30.7 Å². The van der Waals surface area contributed by atoms with Crippen LogP contribution >= 0.6 is 0 Å². The number of nitrogens with one attached hydrogen (secondary N) is 1. The second-order valence-corrected chi connectivity index (χ2v) is 4.63. The second kappa shape index (κ2) is 5.64. The molecule has 2 rings (SSSR count). The maximum absolute atomic E-state index is 11.9. The third-order valence-corrected chi connectivity index (χ3v) is 3.03. The van der Waals surface area contributed by atoms with E-state index in [2.05, 4.69) is 5.32 Å². The molecule has 6 nitrogen and oxygen atoms in total.